The quantitative estimate of drug-likeness (QED) is 0.823. The van der Waals surface area contributed by atoms with Crippen molar-refractivity contribution in [2.24, 2.45) is 5.92 Å². The highest BCUT2D eigenvalue weighted by molar-refractivity contribution is 14.1. The molecule has 16 heavy (non-hydrogen) atoms. The molecule has 1 saturated carbocycles. The minimum atomic E-state index is -0.269. The van der Waals surface area contributed by atoms with Gasteiger partial charge < -0.3 is 5.11 Å². The van der Waals surface area contributed by atoms with Crippen LogP contribution in [0, 0.1) is 16.4 Å². The van der Waals surface area contributed by atoms with E-state index >= 15 is 0 Å². The number of rotatable bonds is 3. The summed E-state index contributed by atoms with van der Waals surface area (Å²) >= 11 is 2.35. The normalized spacial score (nSPS) is 18.9. The molecule has 1 aliphatic rings. The molecule has 0 amide bonds. The number of aliphatic hydroxyl groups excluding tert-OH is 1. The van der Waals surface area contributed by atoms with Crippen LogP contribution in [0.5, 0.6) is 0 Å². The number of hydrogen-bond donors (Lipinski definition) is 1. The number of aliphatic hydroxyl groups is 1. The predicted octanol–water partition coefficient (Wildman–Crippen LogP) is 4.21. The maximum atomic E-state index is 10.3. The van der Waals surface area contributed by atoms with Crippen molar-refractivity contribution >= 4 is 22.6 Å². The molecule has 0 saturated heterocycles. The van der Waals surface area contributed by atoms with Crippen molar-refractivity contribution in [2.45, 2.75) is 45.1 Å². The minimum Gasteiger partial charge on any atom is -0.388 e. The Morgan fingerprint density at radius 1 is 1.38 bits per heavy atom. The van der Waals surface area contributed by atoms with Gasteiger partial charge in [-0.1, -0.05) is 43.9 Å². The molecule has 1 aromatic rings. The van der Waals surface area contributed by atoms with Gasteiger partial charge in [-0.15, -0.1) is 0 Å². The summed E-state index contributed by atoms with van der Waals surface area (Å²) in [6.07, 6.45) is 5.98. The van der Waals surface area contributed by atoms with E-state index in [1.165, 1.54) is 34.8 Å². The molecular weight excluding hydrogens is 311 g/mol. The van der Waals surface area contributed by atoms with Crippen LogP contribution in [0.1, 0.15) is 49.3 Å². The fourth-order valence-corrected chi connectivity index (χ4v) is 3.34. The van der Waals surface area contributed by atoms with E-state index in [2.05, 4.69) is 41.6 Å². The van der Waals surface area contributed by atoms with Crippen LogP contribution in [0.2, 0.25) is 0 Å². The Hall–Kier alpha value is -0.0900. The summed E-state index contributed by atoms with van der Waals surface area (Å²) < 4.78 is 1.23. The summed E-state index contributed by atoms with van der Waals surface area (Å²) in [7, 11) is 0. The van der Waals surface area contributed by atoms with Gasteiger partial charge in [-0.3, -0.25) is 0 Å². The summed E-state index contributed by atoms with van der Waals surface area (Å²) in [5.74, 6) is 0.742. The van der Waals surface area contributed by atoms with Crippen molar-refractivity contribution in [3.8, 4) is 0 Å². The van der Waals surface area contributed by atoms with Crippen LogP contribution in [-0.2, 0) is 0 Å². The monoisotopic (exact) mass is 330 g/mol. The summed E-state index contributed by atoms with van der Waals surface area (Å²) in [6, 6.07) is 6.21. The number of hydrogen-bond acceptors (Lipinski definition) is 1. The van der Waals surface area contributed by atoms with Crippen LogP contribution in [0.4, 0.5) is 0 Å². The van der Waals surface area contributed by atoms with Gasteiger partial charge in [-0.2, -0.15) is 0 Å². The zero-order valence-corrected chi connectivity index (χ0v) is 11.9. The van der Waals surface area contributed by atoms with Gasteiger partial charge in [0, 0.05) is 3.57 Å². The van der Waals surface area contributed by atoms with Gasteiger partial charge in [-0.25, -0.2) is 0 Å². The lowest BCUT2D eigenvalue weighted by atomic mass is 9.95. The second kappa shape index (κ2) is 5.50. The first kappa shape index (κ1) is 12.4. The Labute approximate surface area is 111 Å². The molecule has 2 heteroatoms. The van der Waals surface area contributed by atoms with Gasteiger partial charge in [0.2, 0.25) is 0 Å². The Kier molecular flexibility index (Phi) is 4.25. The number of halogens is 1. The molecule has 1 N–H and O–H groups in total. The van der Waals surface area contributed by atoms with Crippen molar-refractivity contribution in [1.29, 1.82) is 0 Å². The van der Waals surface area contributed by atoms with Crippen LogP contribution in [0.3, 0.4) is 0 Å². The first-order valence-corrected chi connectivity index (χ1v) is 7.19. The van der Waals surface area contributed by atoms with Gasteiger partial charge in [-0.05, 0) is 53.0 Å². The second-order valence-corrected chi connectivity index (χ2v) is 5.96. The van der Waals surface area contributed by atoms with Crippen LogP contribution in [0.25, 0.3) is 0 Å². The average molecular weight is 330 g/mol. The standard InChI is InChI=1S/C14H19IO/c1-10-5-4-8-12(14(10)15)13(16)9-11-6-2-3-7-11/h4-5,8,11,13,16H,2-3,6-7,9H2,1H3. The second-order valence-electron chi connectivity index (χ2n) is 4.88. The highest BCUT2D eigenvalue weighted by atomic mass is 127. The Morgan fingerprint density at radius 2 is 2.06 bits per heavy atom. The van der Waals surface area contributed by atoms with E-state index in [1.807, 2.05) is 6.07 Å². The first-order chi connectivity index (χ1) is 7.68. The van der Waals surface area contributed by atoms with Crippen molar-refractivity contribution in [1.82, 2.24) is 0 Å². The van der Waals surface area contributed by atoms with E-state index in [4.69, 9.17) is 0 Å². The highest BCUT2D eigenvalue weighted by Gasteiger charge is 2.21. The fraction of sp³-hybridized carbons (Fsp3) is 0.571. The smallest absolute Gasteiger partial charge is 0.0803 e. The fourth-order valence-electron chi connectivity index (χ4n) is 2.62. The van der Waals surface area contributed by atoms with Gasteiger partial charge >= 0.3 is 0 Å². The summed E-state index contributed by atoms with van der Waals surface area (Å²) in [4.78, 5) is 0. The zero-order chi connectivity index (χ0) is 11.5. The maximum absolute atomic E-state index is 10.3. The Balaban J connectivity index is 2.07. The predicted molar refractivity (Wildman–Crippen MR) is 75.4 cm³/mol. The van der Waals surface area contributed by atoms with Crippen LogP contribution in [-0.4, -0.2) is 5.11 Å². The molecule has 1 aromatic carbocycles. The Morgan fingerprint density at radius 3 is 2.75 bits per heavy atom. The Bertz CT molecular complexity index is 356. The lowest BCUT2D eigenvalue weighted by Crippen LogP contribution is -2.06. The van der Waals surface area contributed by atoms with E-state index in [9.17, 15) is 5.11 Å². The molecule has 0 bridgehead atoms. The third kappa shape index (κ3) is 2.77. The van der Waals surface area contributed by atoms with E-state index in [-0.39, 0.29) is 6.10 Å². The van der Waals surface area contributed by atoms with Gasteiger partial charge in [0.1, 0.15) is 0 Å². The molecule has 1 unspecified atom stereocenters. The van der Waals surface area contributed by atoms with Gasteiger partial charge in [0.05, 0.1) is 6.10 Å². The van der Waals surface area contributed by atoms with Crippen LogP contribution < -0.4 is 0 Å². The molecule has 0 radical (unpaired) electrons. The van der Waals surface area contributed by atoms with E-state index in [0.29, 0.717) is 0 Å². The number of benzene rings is 1. The topological polar surface area (TPSA) is 20.2 Å². The third-order valence-corrected chi connectivity index (χ3v) is 5.09. The van der Waals surface area contributed by atoms with Crippen LogP contribution in [0.15, 0.2) is 18.2 Å². The molecular formula is C14H19IO. The molecule has 0 heterocycles. The molecule has 2 rings (SSSR count). The first-order valence-electron chi connectivity index (χ1n) is 6.11. The molecule has 1 fully saturated rings. The van der Waals surface area contributed by atoms with E-state index in [0.717, 1.165) is 17.9 Å². The molecule has 0 aliphatic heterocycles. The van der Waals surface area contributed by atoms with Crippen LogP contribution >= 0.6 is 22.6 Å². The maximum Gasteiger partial charge on any atom is 0.0803 e. The average Bonchev–Trinajstić information content (AvgIpc) is 2.74. The lowest BCUT2D eigenvalue weighted by molar-refractivity contribution is 0.144. The van der Waals surface area contributed by atoms with Crippen molar-refractivity contribution in [3.63, 3.8) is 0 Å². The van der Waals surface area contributed by atoms with Crippen molar-refractivity contribution in [2.75, 3.05) is 0 Å². The third-order valence-electron chi connectivity index (χ3n) is 3.61. The van der Waals surface area contributed by atoms with Crippen molar-refractivity contribution < 1.29 is 5.11 Å². The SMILES string of the molecule is Cc1cccc(C(O)CC2CCCC2)c1I. The molecule has 0 spiro atoms. The zero-order valence-electron chi connectivity index (χ0n) is 9.75. The molecule has 0 aromatic heterocycles. The summed E-state index contributed by atoms with van der Waals surface area (Å²) in [5.41, 5.74) is 2.39. The van der Waals surface area contributed by atoms with Gasteiger partial charge in [0.25, 0.3) is 0 Å². The number of aryl methyl sites for hydroxylation is 1. The van der Waals surface area contributed by atoms with Gasteiger partial charge in [0.15, 0.2) is 0 Å². The lowest BCUT2D eigenvalue weighted by Gasteiger charge is -2.17. The summed E-state index contributed by atoms with van der Waals surface area (Å²) in [5, 5.41) is 10.3. The van der Waals surface area contributed by atoms with E-state index in [1.54, 1.807) is 0 Å². The molecule has 1 nitrogen and oxygen atoms in total. The van der Waals surface area contributed by atoms with Crippen molar-refractivity contribution in [3.05, 3.63) is 32.9 Å². The molecule has 1 atom stereocenters. The minimum absolute atomic E-state index is 0.269. The largest absolute Gasteiger partial charge is 0.388 e. The summed E-state index contributed by atoms with van der Waals surface area (Å²) in [6.45, 7) is 2.10. The highest BCUT2D eigenvalue weighted by Crippen LogP contribution is 2.34. The molecule has 1 aliphatic carbocycles. The molecule has 88 valence electrons. The van der Waals surface area contributed by atoms with E-state index < -0.39 is 0 Å².